The largest absolute Gasteiger partial charge is 0.391 e. The molecule has 0 unspecified atom stereocenters. The third kappa shape index (κ3) is 2.86. The maximum atomic E-state index is 12.9. The quantitative estimate of drug-likeness (QED) is 0.385. The summed E-state index contributed by atoms with van der Waals surface area (Å²) in [4.78, 5) is 34.8. The van der Waals surface area contributed by atoms with E-state index >= 15 is 0 Å². The van der Waals surface area contributed by atoms with Gasteiger partial charge in [0.2, 0.25) is 0 Å². The molecule has 2 aromatic heterocycles. The van der Waals surface area contributed by atoms with Crippen molar-refractivity contribution in [3.05, 3.63) is 81.0 Å². The molecule has 0 spiro atoms. The second-order valence-corrected chi connectivity index (χ2v) is 5.25. The van der Waals surface area contributed by atoms with E-state index in [-0.39, 0.29) is 28.4 Å². The van der Waals surface area contributed by atoms with Crippen molar-refractivity contribution < 1.29 is 14.3 Å². The molecule has 3 rings (SSSR count). The Kier molecular flexibility index (Phi) is 4.15. The van der Waals surface area contributed by atoms with Gasteiger partial charge in [-0.05, 0) is 12.1 Å². The normalized spacial score (nSPS) is 10.5. The highest BCUT2D eigenvalue weighted by molar-refractivity contribution is 5.96. The van der Waals surface area contributed by atoms with E-state index in [9.17, 15) is 19.7 Å². The number of nitrogen functional groups attached to an aromatic ring is 1. The Hall–Kier alpha value is -4.08. The van der Waals surface area contributed by atoms with Crippen molar-refractivity contribution in [3.8, 4) is 11.4 Å². The average Bonchev–Trinajstić information content (AvgIpc) is 2.62. The van der Waals surface area contributed by atoms with Crippen molar-refractivity contribution >= 4 is 17.3 Å². The summed E-state index contributed by atoms with van der Waals surface area (Å²) >= 11 is 0. The van der Waals surface area contributed by atoms with Crippen LogP contribution in [0.1, 0.15) is 10.5 Å². The van der Waals surface area contributed by atoms with Gasteiger partial charge in [-0.3, -0.25) is 19.7 Å². The number of hydrogen-bond donors (Lipinski definition) is 2. The van der Waals surface area contributed by atoms with Crippen LogP contribution in [0.15, 0.2) is 59.7 Å². The summed E-state index contributed by atoms with van der Waals surface area (Å²) in [6.45, 7) is 0. The fourth-order valence-electron chi connectivity index (χ4n) is 2.40. The number of primary amides is 1. The van der Waals surface area contributed by atoms with Crippen LogP contribution in [0.5, 0.6) is 0 Å². The molecule has 2 heterocycles. The van der Waals surface area contributed by atoms with Crippen LogP contribution >= 0.6 is 0 Å². The number of amides is 1. The van der Waals surface area contributed by atoms with E-state index < -0.39 is 16.4 Å². The van der Waals surface area contributed by atoms with Crippen LogP contribution in [-0.2, 0) is 0 Å². The number of rotatable bonds is 4. The number of hydrogen-bond acceptors (Lipinski definition) is 6. The topological polar surface area (TPSA) is 151 Å². The van der Waals surface area contributed by atoms with Crippen LogP contribution in [-0.4, -0.2) is 20.6 Å². The van der Waals surface area contributed by atoms with Gasteiger partial charge in [0.1, 0.15) is 5.69 Å². The molecule has 3 aromatic rings. The number of carbonyl (C=O) groups is 1. The lowest BCUT2D eigenvalue weighted by Crippen LogP contribution is -2.42. The van der Waals surface area contributed by atoms with Crippen LogP contribution in [0.4, 0.5) is 11.4 Å². The van der Waals surface area contributed by atoms with E-state index in [1.54, 1.807) is 30.6 Å². The first-order chi connectivity index (χ1) is 12.4. The van der Waals surface area contributed by atoms with E-state index in [2.05, 4.69) is 5.10 Å². The standard InChI is InChI=1S/C16H12N6O4/c17-12-13(15(18)23)19-21(10-4-6-11(7-5-10)22(25)26)16(24)14(12)20-8-2-1-3-9-20/h1-9H,(H3-,17,18,23,24)/p+1. The van der Waals surface area contributed by atoms with Crippen molar-refractivity contribution in [1.29, 1.82) is 0 Å². The first kappa shape index (κ1) is 16.8. The summed E-state index contributed by atoms with van der Waals surface area (Å²) in [7, 11) is 0. The van der Waals surface area contributed by atoms with Gasteiger partial charge in [0.25, 0.3) is 11.6 Å². The Bertz CT molecular complexity index is 1060. The second kappa shape index (κ2) is 6.43. The molecular weight excluding hydrogens is 340 g/mol. The minimum atomic E-state index is -0.907. The number of anilines is 1. The van der Waals surface area contributed by atoms with Crippen LogP contribution in [0.25, 0.3) is 11.4 Å². The predicted molar refractivity (Wildman–Crippen MR) is 91.0 cm³/mol. The minimum absolute atomic E-state index is 0.00671. The van der Waals surface area contributed by atoms with Crippen molar-refractivity contribution in [2.24, 2.45) is 5.73 Å². The first-order valence-corrected chi connectivity index (χ1v) is 7.34. The molecule has 0 saturated carbocycles. The van der Waals surface area contributed by atoms with Gasteiger partial charge in [0, 0.05) is 24.3 Å². The van der Waals surface area contributed by atoms with Gasteiger partial charge in [0.15, 0.2) is 18.1 Å². The summed E-state index contributed by atoms with van der Waals surface area (Å²) in [5, 5.41) is 14.7. The molecule has 10 nitrogen and oxygen atoms in total. The fourth-order valence-corrected chi connectivity index (χ4v) is 2.40. The fraction of sp³-hybridized carbons (Fsp3) is 0. The van der Waals surface area contributed by atoms with Crippen molar-refractivity contribution in [2.45, 2.75) is 0 Å². The molecule has 26 heavy (non-hydrogen) atoms. The van der Waals surface area contributed by atoms with E-state index in [1.165, 1.54) is 28.8 Å². The molecule has 0 aliphatic heterocycles. The Labute approximate surface area is 146 Å². The molecule has 10 heteroatoms. The van der Waals surface area contributed by atoms with Gasteiger partial charge in [-0.1, -0.05) is 6.07 Å². The molecule has 0 aliphatic carbocycles. The number of pyridine rings is 1. The summed E-state index contributed by atoms with van der Waals surface area (Å²) < 4.78 is 2.36. The molecule has 130 valence electrons. The number of nitro benzene ring substituents is 1. The lowest BCUT2D eigenvalue weighted by Gasteiger charge is -2.09. The Morgan fingerprint density at radius 2 is 1.77 bits per heavy atom. The van der Waals surface area contributed by atoms with Crippen molar-refractivity contribution in [3.63, 3.8) is 0 Å². The smallest absolute Gasteiger partial charge is 0.346 e. The number of nitrogens with zero attached hydrogens (tertiary/aromatic N) is 4. The number of benzene rings is 1. The zero-order valence-electron chi connectivity index (χ0n) is 13.3. The molecule has 1 aromatic carbocycles. The minimum Gasteiger partial charge on any atom is -0.391 e. The SMILES string of the molecule is NC(=O)c1nn(-c2ccc([N+](=O)[O-])cc2)c(=O)c(-[n+]2ccccc2)c1N. The monoisotopic (exact) mass is 353 g/mol. The Morgan fingerprint density at radius 3 is 2.31 bits per heavy atom. The van der Waals surface area contributed by atoms with Gasteiger partial charge in [-0.2, -0.15) is 14.3 Å². The summed E-state index contributed by atoms with van der Waals surface area (Å²) in [6, 6.07) is 10.2. The number of non-ortho nitro benzene ring substituents is 1. The molecule has 0 aliphatic rings. The summed E-state index contributed by atoms with van der Waals surface area (Å²) in [5.74, 6) is -0.907. The highest BCUT2D eigenvalue weighted by Crippen LogP contribution is 2.16. The van der Waals surface area contributed by atoms with Crippen molar-refractivity contribution in [1.82, 2.24) is 9.78 Å². The van der Waals surface area contributed by atoms with Gasteiger partial charge in [-0.25, -0.2) is 0 Å². The lowest BCUT2D eigenvalue weighted by atomic mass is 10.2. The maximum Gasteiger partial charge on any atom is 0.346 e. The molecule has 4 N–H and O–H groups in total. The molecule has 0 fully saturated rings. The van der Waals surface area contributed by atoms with Gasteiger partial charge in [-0.15, -0.1) is 0 Å². The van der Waals surface area contributed by atoms with Crippen LogP contribution in [0, 0.1) is 10.1 Å². The number of nitro groups is 1. The zero-order chi connectivity index (χ0) is 18.8. The van der Waals surface area contributed by atoms with Crippen LogP contribution in [0.3, 0.4) is 0 Å². The maximum absolute atomic E-state index is 12.9. The third-order valence-electron chi connectivity index (χ3n) is 3.62. The number of nitrogens with two attached hydrogens (primary N) is 2. The first-order valence-electron chi connectivity index (χ1n) is 7.34. The lowest BCUT2D eigenvalue weighted by molar-refractivity contribution is -0.596. The Balaban J connectivity index is 2.29. The summed E-state index contributed by atoms with van der Waals surface area (Å²) in [5.41, 5.74) is 10.3. The predicted octanol–water partition coefficient (Wildman–Crippen LogP) is 0.0985. The Morgan fingerprint density at radius 1 is 1.15 bits per heavy atom. The van der Waals surface area contributed by atoms with Gasteiger partial charge in [0.05, 0.1) is 10.6 Å². The highest BCUT2D eigenvalue weighted by Gasteiger charge is 2.26. The van der Waals surface area contributed by atoms with Crippen LogP contribution in [0.2, 0.25) is 0 Å². The van der Waals surface area contributed by atoms with Gasteiger partial charge >= 0.3 is 11.2 Å². The number of carbonyl (C=O) groups excluding carboxylic acids is 1. The average molecular weight is 353 g/mol. The van der Waals surface area contributed by atoms with Gasteiger partial charge < -0.3 is 11.5 Å². The molecular formula is C16H13N6O4+. The highest BCUT2D eigenvalue weighted by atomic mass is 16.6. The zero-order valence-corrected chi connectivity index (χ0v) is 13.3. The molecule has 0 atom stereocenters. The molecule has 0 radical (unpaired) electrons. The van der Waals surface area contributed by atoms with E-state index in [4.69, 9.17) is 11.5 Å². The van der Waals surface area contributed by atoms with E-state index in [0.29, 0.717) is 0 Å². The van der Waals surface area contributed by atoms with E-state index in [0.717, 1.165) is 4.68 Å². The third-order valence-corrected chi connectivity index (χ3v) is 3.62. The second-order valence-electron chi connectivity index (χ2n) is 5.25. The summed E-state index contributed by atoms with van der Waals surface area (Å²) in [6.07, 6.45) is 3.16. The molecule has 0 saturated heterocycles. The number of aromatic nitrogens is 3. The van der Waals surface area contributed by atoms with Crippen LogP contribution < -0.4 is 21.6 Å². The molecule has 1 amide bonds. The van der Waals surface area contributed by atoms with Crippen molar-refractivity contribution in [2.75, 3.05) is 5.73 Å². The van der Waals surface area contributed by atoms with E-state index in [1.807, 2.05) is 0 Å². The molecule has 0 bridgehead atoms.